The van der Waals surface area contributed by atoms with Gasteiger partial charge in [0.15, 0.2) is 0 Å². The van der Waals surface area contributed by atoms with Crippen LogP contribution in [0.25, 0.3) is 10.9 Å². The minimum Gasteiger partial charge on any atom is -0.466 e. The summed E-state index contributed by atoms with van der Waals surface area (Å²) in [5.41, 5.74) is 2.94. The molecule has 170 valence electrons. The second kappa shape index (κ2) is 9.62. The Bertz CT molecular complexity index is 921. The molecule has 0 bridgehead atoms. The van der Waals surface area contributed by atoms with Gasteiger partial charge >= 0.3 is 12.1 Å². The Hall–Kier alpha value is -2.70. The smallest absolute Gasteiger partial charge is 0.410 e. The van der Waals surface area contributed by atoms with Crippen LogP contribution in [0.15, 0.2) is 24.4 Å². The summed E-state index contributed by atoms with van der Waals surface area (Å²) in [5.74, 6) is -0.183. The maximum atomic E-state index is 12.3. The number of carbonyl (C=O) groups excluding carboxylic acids is 2. The highest BCUT2D eigenvalue weighted by molar-refractivity contribution is 5.88. The van der Waals surface area contributed by atoms with Gasteiger partial charge in [-0.1, -0.05) is 0 Å². The van der Waals surface area contributed by atoms with Crippen molar-refractivity contribution in [3.8, 4) is 0 Å². The first-order chi connectivity index (χ1) is 14.7. The van der Waals surface area contributed by atoms with Crippen LogP contribution in [0.3, 0.4) is 0 Å². The van der Waals surface area contributed by atoms with Crippen molar-refractivity contribution in [2.75, 3.05) is 31.6 Å². The highest BCUT2D eigenvalue weighted by Gasteiger charge is 2.28. The van der Waals surface area contributed by atoms with Gasteiger partial charge in [0.2, 0.25) is 0 Å². The summed E-state index contributed by atoms with van der Waals surface area (Å²) >= 11 is 0. The molecule has 1 saturated heterocycles. The summed E-state index contributed by atoms with van der Waals surface area (Å²) in [6.45, 7) is 12.0. The molecule has 1 aromatic carbocycles. The lowest BCUT2D eigenvalue weighted by molar-refractivity contribution is -0.142. The third kappa shape index (κ3) is 5.71. The van der Waals surface area contributed by atoms with Crippen molar-refractivity contribution in [2.24, 2.45) is 0 Å². The number of likely N-dealkylation sites (tertiary alicyclic amines) is 1. The number of amides is 1. The van der Waals surface area contributed by atoms with Crippen LogP contribution in [-0.2, 0) is 14.3 Å². The number of hydrogen-bond donors (Lipinski definition) is 1. The van der Waals surface area contributed by atoms with Gasteiger partial charge in [0.05, 0.1) is 13.0 Å². The lowest BCUT2D eigenvalue weighted by atomic mass is 10.0. The third-order valence-electron chi connectivity index (χ3n) is 5.63. The number of anilines is 1. The molecule has 0 aliphatic carbocycles. The van der Waals surface area contributed by atoms with E-state index >= 15 is 0 Å². The largest absolute Gasteiger partial charge is 0.466 e. The van der Waals surface area contributed by atoms with Crippen LogP contribution < -0.4 is 5.32 Å². The molecule has 0 saturated carbocycles. The van der Waals surface area contributed by atoms with E-state index in [1.165, 1.54) is 16.5 Å². The highest BCUT2D eigenvalue weighted by Crippen LogP contribution is 2.32. The van der Waals surface area contributed by atoms with E-state index in [2.05, 4.69) is 41.2 Å². The quantitative estimate of drug-likeness (QED) is 0.662. The molecule has 1 fully saturated rings. The molecule has 31 heavy (non-hydrogen) atoms. The van der Waals surface area contributed by atoms with Crippen molar-refractivity contribution in [3.05, 3.63) is 30.0 Å². The van der Waals surface area contributed by atoms with Crippen LogP contribution in [0, 0.1) is 6.92 Å². The second-order valence-electron chi connectivity index (χ2n) is 9.07. The predicted molar refractivity (Wildman–Crippen MR) is 122 cm³/mol. The number of ether oxygens (including phenoxy) is 2. The van der Waals surface area contributed by atoms with Crippen LogP contribution in [0.4, 0.5) is 10.5 Å². The van der Waals surface area contributed by atoms with E-state index in [0.29, 0.717) is 38.7 Å². The molecule has 0 unspecified atom stereocenters. The molecule has 1 aromatic heterocycles. The molecule has 1 aliphatic rings. The first-order valence-electron chi connectivity index (χ1n) is 11.2. The summed E-state index contributed by atoms with van der Waals surface area (Å²) in [4.78, 5) is 25.7. The lowest BCUT2D eigenvalue weighted by Gasteiger charge is -2.34. The van der Waals surface area contributed by atoms with E-state index in [1.807, 2.05) is 32.6 Å². The van der Waals surface area contributed by atoms with Gasteiger partial charge in [0.25, 0.3) is 0 Å². The number of piperidine rings is 1. The lowest BCUT2D eigenvalue weighted by Crippen LogP contribution is -2.42. The number of aryl methyl sites for hydroxylation is 1. The molecule has 0 atom stereocenters. The standard InChI is InChI=1S/C24H35N3O4/c1-6-30-22(28)9-13-25-20-7-8-21-19(17(20)2)12-16-27(21)18-10-14-26(15-11-18)23(29)31-24(3,4)5/h7-8,12,16,18,25H,6,9-11,13-15H2,1-5H3. The van der Waals surface area contributed by atoms with Gasteiger partial charge in [-0.05, 0) is 71.2 Å². The van der Waals surface area contributed by atoms with E-state index in [9.17, 15) is 9.59 Å². The van der Waals surface area contributed by atoms with Gasteiger partial charge in [-0.2, -0.15) is 0 Å². The molecular weight excluding hydrogens is 394 g/mol. The zero-order chi connectivity index (χ0) is 22.6. The topological polar surface area (TPSA) is 72.8 Å². The van der Waals surface area contributed by atoms with Crippen LogP contribution in [0.2, 0.25) is 0 Å². The maximum absolute atomic E-state index is 12.3. The number of rotatable bonds is 6. The molecule has 1 N–H and O–H groups in total. The van der Waals surface area contributed by atoms with Crippen LogP contribution >= 0.6 is 0 Å². The Kier molecular flexibility index (Phi) is 7.13. The number of carbonyl (C=O) groups is 2. The fourth-order valence-corrected chi connectivity index (χ4v) is 4.08. The Morgan fingerprint density at radius 2 is 1.87 bits per heavy atom. The molecule has 0 spiro atoms. The molecule has 0 radical (unpaired) electrons. The maximum Gasteiger partial charge on any atom is 0.410 e. The van der Waals surface area contributed by atoms with Crippen molar-refractivity contribution in [1.82, 2.24) is 9.47 Å². The van der Waals surface area contributed by atoms with E-state index in [4.69, 9.17) is 9.47 Å². The number of benzene rings is 1. The number of aromatic nitrogens is 1. The van der Waals surface area contributed by atoms with Crippen molar-refractivity contribution < 1.29 is 19.1 Å². The van der Waals surface area contributed by atoms with Gasteiger partial charge in [0.1, 0.15) is 5.60 Å². The third-order valence-corrected chi connectivity index (χ3v) is 5.63. The highest BCUT2D eigenvalue weighted by atomic mass is 16.6. The molecule has 1 amide bonds. The average molecular weight is 430 g/mol. The Morgan fingerprint density at radius 3 is 2.52 bits per heavy atom. The minimum atomic E-state index is -0.468. The Labute approximate surface area is 184 Å². The van der Waals surface area contributed by atoms with E-state index in [0.717, 1.165) is 18.5 Å². The molecule has 7 heteroatoms. The first kappa shape index (κ1) is 23.0. The van der Waals surface area contributed by atoms with Crippen molar-refractivity contribution in [3.63, 3.8) is 0 Å². The van der Waals surface area contributed by atoms with E-state index in [1.54, 1.807) is 0 Å². The molecule has 1 aliphatic heterocycles. The van der Waals surface area contributed by atoms with Gasteiger partial charge in [-0.15, -0.1) is 0 Å². The van der Waals surface area contributed by atoms with Crippen LogP contribution in [-0.4, -0.2) is 53.4 Å². The van der Waals surface area contributed by atoms with Gasteiger partial charge in [0, 0.05) is 48.5 Å². The molecule has 3 rings (SSSR count). The first-order valence-corrected chi connectivity index (χ1v) is 11.2. The summed E-state index contributed by atoms with van der Waals surface area (Å²) < 4.78 is 12.8. The summed E-state index contributed by atoms with van der Waals surface area (Å²) in [6, 6.07) is 6.73. The number of nitrogens with zero attached hydrogens (tertiary/aromatic N) is 2. The molecule has 2 aromatic rings. The average Bonchev–Trinajstić information content (AvgIpc) is 3.14. The number of esters is 1. The second-order valence-corrected chi connectivity index (χ2v) is 9.07. The monoisotopic (exact) mass is 429 g/mol. The number of nitrogens with one attached hydrogen (secondary N) is 1. The van der Waals surface area contributed by atoms with Crippen LogP contribution in [0.5, 0.6) is 0 Å². The Balaban J connectivity index is 1.63. The van der Waals surface area contributed by atoms with Crippen LogP contribution in [0.1, 0.15) is 58.6 Å². The van der Waals surface area contributed by atoms with Gasteiger partial charge < -0.3 is 24.3 Å². The van der Waals surface area contributed by atoms with Crippen molar-refractivity contribution in [2.45, 2.75) is 65.5 Å². The van der Waals surface area contributed by atoms with E-state index in [-0.39, 0.29) is 12.1 Å². The molecule has 7 nitrogen and oxygen atoms in total. The molecular formula is C24H35N3O4. The SMILES string of the molecule is CCOC(=O)CCNc1ccc2c(ccn2C2CCN(C(=O)OC(C)(C)C)CC2)c1C. The zero-order valence-corrected chi connectivity index (χ0v) is 19.4. The van der Waals surface area contributed by atoms with Crippen molar-refractivity contribution >= 4 is 28.7 Å². The summed E-state index contributed by atoms with van der Waals surface area (Å²) in [6.07, 6.45) is 4.08. The summed E-state index contributed by atoms with van der Waals surface area (Å²) in [5, 5.41) is 4.56. The number of fused-ring (bicyclic) bond motifs is 1. The van der Waals surface area contributed by atoms with Gasteiger partial charge in [-0.25, -0.2) is 4.79 Å². The fraction of sp³-hybridized carbons (Fsp3) is 0.583. The van der Waals surface area contributed by atoms with Gasteiger partial charge in [-0.3, -0.25) is 4.79 Å². The summed E-state index contributed by atoms with van der Waals surface area (Å²) in [7, 11) is 0. The Morgan fingerprint density at radius 1 is 1.16 bits per heavy atom. The molecule has 2 heterocycles. The fourth-order valence-electron chi connectivity index (χ4n) is 4.08. The van der Waals surface area contributed by atoms with E-state index < -0.39 is 5.60 Å². The minimum absolute atomic E-state index is 0.183. The number of hydrogen-bond acceptors (Lipinski definition) is 5. The van der Waals surface area contributed by atoms with Crippen molar-refractivity contribution in [1.29, 1.82) is 0 Å². The predicted octanol–water partition coefficient (Wildman–Crippen LogP) is 4.89. The zero-order valence-electron chi connectivity index (χ0n) is 19.4. The normalized spacial score (nSPS) is 15.2.